The quantitative estimate of drug-likeness (QED) is 0.348. The highest BCUT2D eigenvalue weighted by atomic mass is 16.3. The maximum absolute atomic E-state index is 11.9. The van der Waals surface area contributed by atoms with Crippen LogP contribution in [0.4, 0.5) is 5.69 Å². The zero-order chi connectivity index (χ0) is 15.5. The lowest BCUT2D eigenvalue weighted by molar-refractivity contribution is 0.0950. The number of carbonyl (C=O) groups is 1. The predicted octanol–water partition coefficient (Wildman–Crippen LogP) is 3.84. The summed E-state index contributed by atoms with van der Waals surface area (Å²) >= 11 is 0. The molecule has 1 rings (SSSR count). The van der Waals surface area contributed by atoms with Crippen LogP contribution in [0.15, 0.2) is 18.2 Å². The standard InChI is InChI=1S/C17H28N2O2/c1-2-3-4-5-6-7-8-9-12-19-17(21)15-13-14(18)10-11-16(15)20/h10-11,13,20H,2-9,12,18H2,1H3,(H,19,21). The van der Waals surface area contributed by atoms with E-state index in [2.05, 4.69) is 12.2 Å². The second-order valence-electron chi connectivity index (χ2n) is 5.51. The van der Waals surface area contributed by atoms with Gasteiger partial charge in [0.15, 0.2) is 0 Å². The number of anilines is 1. The summed E-state index contributed by atoms with van der Waals surface area (Å²) in [7, 11) is 0. The average Bonchev–Trinajstić information content (AvgIpc) is 2.48. The van der Waals surface area contributed by atoms with E-state index in [1.807, 2.05) is 0 Å². The maximum Gasteiger partial charge on any atom is 0.255 e. The molecule has 4 nitrogen and oxygen atoms in total. The van der Waals surface area contributed by atoms with Gasteiger partial charge in [0.25, 0.3) is 5.91 Å². The lowest BCUT2D eigenvalue weighted by Crippen LogP contribution is -2.24. The second kappa shape index (κ2) is 10.1. The summed E-state index contributed by atoms with van der Waals surface area (Å²) in [6.07, 6.45) is 9.88. The number of hydrogen-bond acceptors (Lipinski definition) is 3. The Labute approximate surface area is 127 Å². The van der Waals surface area contributed by atoms with Crippen molar-refractivity contribution in [3.8, 4) is 5.75 Å². The fraction of sp³-hybridized carbons (Fsp3) is 0.588. The summed E-state index contributed by atoms with van der Waals surface area (Å²) < 4.78 is 0. The van der Waals surface area contributed by atoms with E-state index in [0.29, 0.717) is 12.2 Å². The van der Waals surface area contributed by atoms with Crippen molar-refractivity contribution in [2.75, 3.05) is 12.3 Å². The van der Waals surface area contributed by atoms with Gasteiger partial charge in [-0.2, -0.15) is 0 Å². The minimum absolute atomic E-state index is 0.0300. The minimum atomic E-state index is -0.261. The number of benzene rings is 1. The minimum Gasteiger partial charge on any atom is -0.507 e. The number of nitrogen functional groups attached to an aromatic ring is 1. The number of phenolic OH excluding ortho intramolecular Hbond substituents is 1. The molecule has 21 heavy (non-hydrogen) atoms. The van der Waals surface area contributed by atoms with Crippen LogP contribution in [-0.2, 0) is 0 Å². The molecule has 0 aromatic heterocycles. The van der Waals surface area contributed by atoms with Crippen LogP contribution in [0.3, 0.4) is 0 Å². The molecule has 0 saturated carbocycles. The van der Waals surface area contributed by atoms with Crippen LogP contribution in [-0.4, -0.2) is 17.6 Å². The average molecular weight is 292 g/mol. The molecule has 4 N–H and O–H groups in total. The van der Waals surface area contributed by atoms with Gasteiger partial charge in [0, 0.05) is 12.2 Å². The van der Waals surface area contributed by atoms with Crippen LogP contribution in [0.5, 0.6) is 5.75 Å². The molecule has 0 saturated heterocycles. The number of nitrogens with one attached hydrogen (secondary N) is 1. The fourth-order valence-electron chi connectivity index (χ4n) is 2.29. The van der Waals surface area contributed by atoms with Crippen LogP contribution in [0.25, 0.3) is 0 Å². The highest BCUT2D eigenvalue weighted by Gasteiger charge is 2.10. The highest BCUT2D eigenvalue weighted by Crippen LogP contribution is 2.19. The largest absolute Gasteiger partial charge is 0.507 e. The van der Waals surface area contributed by atoms with Crippen molar-refractivity contribution in [2.24, 2.45) is 0 Å². The van der Waals surface area contributed by atoms with Gasteiger partial charge >= 0.3 is 0 Å². The van der Waals surface area contributed by atoms with Crippen molar-refractivity contribution >= 4 is 11.6 Å². The van der Waals surface area contributed by atoms with Gasteiger partial charge in [-0.05, 0) is 24.6 Å². The maximum atomic E-state index is 11.9. The van der Waals surface area contributed by atoms with Crippen molar-refractivity contribution in [3.05, 3.63) is 23.8 Å². The fourth-order valence-corrected chi connectivity index (χ4v) is 2.29. The van der Waals surface area contributed by atoms with Crippen LogP contribution >= 0.6 is 0 Å². The number of amides is 1. The van der Waals surface area contributed by atoms with Crippen molar-refractivity contribution in [3.63, 3.8) is 0 Å². The van der Waals surface area contributed by atoms with Crippen LogP contribution in [0, 0.1) is 0 Å². The molecule has 1 amide bonds. The van der Waals surface area contributed by atoms with Crippen molar-refractivity contribution in [1.82, 2.24) is 5.32 Å². The molecular weight excluding hydrogens is 264 g/mol. The third kappa shape index (κ3) is 7.02. The molecule has 118 valence electrons. The van der Waals surface area contributed by atoms with Gasteiger partial charge in [0.05, 0.1) is 5.56 Å². The van der Waals surface area contributed by atoms with E-state index in [4.69, 9.17) is 5.73 Å². The van der Waals surface area contributed by atoms with E-state index in [1.54, 1.807) is 6.07 Å². The zero-order valence-corrected chi connectivity index (χ0v) is 13.0. The number of unbranched alkanes of at least 4 members (excludes halogenated alkanes) is 7. The Balaban J connectivity index is 2.12. The second-order valence-corrected chi connectivity index (χ2v) is 5.51. The summed E-state index contributed by atoms with van der Waals surface area (Å²) in [5.41, 5.74) is 6.34. The molecule has 0 aliphatic carbocycles. The van der Waals surface area contributed by atoms with Crippen LogP contribution in [0.2, 0.25) is 0 Å². The molecule has 0 fully saturated rings. The Bertz CT molecular complexity index is 433. The summed E-state index contributed by atoms with van der Waals surface area (Å²) in [5, 5.41) is 12.5. The summed E-state index contributed by atoms with van der Waals surface area (Å²) in [6.45, 7) is 2.86. The Morgan fingerprint density at radius 1 is 1.10 bits per heavy atom. The van der Waals surface area contributed by atoms with Gasteiger partial charge in [-0.15, -0.1) is 0 Å². The molecule has 0 unspecified atom stereocenters. The molecule has 0 atom stereocenters. The van der Waals surface area contributed by atoms with Gasteiger partial charge in [-0.1, -0.05) is 51.9 Å². The Kier molecular flexibility index (Phi) is 8.32. The molecule has 0 aliphatic heterocycles. The van der Waals surface area contributed by atoms with Gasteiger partial charge in [0.1, 0.15) is 5.75 Å². The van der Waals surface area contributed by atoms with Gasteiger partial charge in [0.2, 0.25) is 0 Å². The van der Waals surface area contributed by atoms with Gasteiger partial charge < -0.3 is 16.2 Å². The first-order valence-electron chi connectivity index (χ1n) is 8.02. The number of phenols is 1. The summed E-state index contributed by atoms with van der Waals surface area (Å²) in [5.74, 6) is -0.291. The van der Waals surface area contributed by atoms with Crippen molar-refractivity contribution < 1.29 is 9.90 Å². The number of nitrogens with two attached hydrogens (primary N) is 1. The first kappa shape index (κ1) is 17.3. The van der Waals surface area contributed by atoms with Gasteiger partial charge in [-0.25, -0.2) is 0 Å². The molecule has 0 bridgehead atoms. The Morgan fingerprint density at radius 3 is 2.38 bits per heavy atom. The third-order valence-corrected chi connectivity index (χ3v) is 3.58. The third-order valence-electron chi connectivity index (χ3n) is 3.58. The molecule has 4 heteroatoms. The van der Waals surface area contributed by atoms with E-state index in [9.17, 15) is 9.90 Å². The lowest BCUT2D eigenvalue weighted by Gasteiger charge is -2.07. The van der Waals surface area contributed by atoms with Gasteiger partial charge in [-0.3, -0.25) is 4.79 Å². The number of rotatable bonds is 10. The van der Waals surface area contributed by atoms with Crippen LogP contribution in [0.1, 0.15) is 68.6 Å². The summed E-state index contributed by atoms with van der Waals surface area (Å²) in [4.78, 5) is 11.9. The number of hydrogen-bond donors (Lipinski definition) is 3. The first-order chi connectivity index (χ1) is 10.1. The normalized spacial score (nSPS) is 10.5. The van der Waals surface area contributed by atoms with E-state index < -0.39 is 0 Å². The SMILES string of the molecule is CCCCCCCCCCNC(=O)c1cc(N)ccc1O. The van der Waals surface area contributed by atoms with Crippen LogP contribution < -0.4 is 11.1 Å². The topological polar surface area (TPSA) is 75.4 Å². The molecular formula is C17H28N2O2. The molecule has 0 aliphatic rings. The predicted molar refractivity (Wildman–Crippen MR) is 87.5 cm³/mol. The lowest BCUT2D eigenvalue weighted by atomic mass is 10.1. The zero-order valence-electron chi connectivity index (χ0n) is 13.0. The van der Waals surface area contributed by atoms with E-state index in [-0.39, 0.29) is 17.2 Å². The van der Waals surface area contributed by atoms with Crippen molar-refractivity contribution in [2.45, 2.75) is 58.3 Å². The molecule has 0 radical (unpaired) electrons. The molecule has 0 spiro atoms. The monoisotopic (exact) mass is 292 g/mol. The van der Waals surface area contributed by atoms with E-state index in [1.165, 1.54) is 50.7 Å². The molecule has 1 aromatic carbocycles. The Morgan fingerprint density at radius 2 is 1.71 bits per heavy atom. The Hall–Kier alpha value is -1.71. The summed E-state index contributed by atoms with van der Waals surface area (Å²) in [6, 6.07) is 4.52. The number of aromatic hydroxyl groups is 1. The van der Waals surface area contributed by atoms with E-state index in [0.717, 1.165) is 12.8 Å². The molecule has 0 heterocycles. The highest BCUT2D eigenvalue weighted by molar-refractivity contribution is 5.97. The van der Waals surface area contributed by atoms with Crippen molar-refractivity contribution in [1.29, 1.82) is 0 Å². The number of carbonyl (C=O) groups excluding carboxylic acids is 1. The first-order valence-corrected chi connectivity index (χ1v) is 8.02. The van der Waals surface area contributed by atoms with E-state index >= 15 is 0 Å². The molecule has 1 aromatic rings. The smallest absolute Gasteiger partial charge is 0.255 e.